The van der Waals surface area contributed by atoms with Gasteiger partial charge in [0.15, 0.2) is 0 Å². The molecule has 0 radical (unpaired) electrons. The Morgan fingerprint density at radius 3 is 2.79 bits per heavy atom. The van der Waals surface area contributed by atoms with Gasteiger partial charge in [-0.25, -0.2) is 0 Å². The lowest BCUT2D eigenvalue weighted by Crippen LogP contribution is -2.14. The molecule has 1 unspecified atom stereocenters. The van der Waals surface area contributed by atoms with E-state index in [1.54, 1.807) is 0 Å². The van der Waals surface area contributed by atoms with Crippen LogP contribution in [0.1, 0.15) is 24.5 Å². The Balaban J connectivity index is 2.77. The van der Waals surface area contributed by atoms with E-state index in [1.165, 1.54) is 11.1 Å². The minimum absolute atomic E-state index is 0.209. The SMILES string of the molecule is Cc1cccc(NC(C)CC#N)c1C. The van der Waals surface area contributed by atoms with E-state index in [4.69, 9.17) is 5.26 Å². The summed E-state index contributed by atoms with van der Waals surface area (Å²) >= 11 is 0. The zero-order chi connectivity index (χ0) is 10.6. The summed E-state index contributed by atoms with van der Waals surface area (Å²) in [4.78, 5) is 0. The second kappa shape index (κ2) is 4.66. The molecule has 0 aliphatic heterocycles. The Morgan fingerprint density at radius 1 is 1.43 bits per heavy atom. The van der Waals surface area contributed by atoms with Gasteiger partial charge in [0.2, 0.25) is 0 Å². The lowest BCUT2D eigenvalue weighted by Gasteiger charge is -2.15. The Bertz CT molecular complexity index is 350. The van der Waals surface area contributed by atoms with Gasteiger partial charge in [0.05, 0.1) is 12.5 Å². The first-order valence-electron chi connectivity index (χ1n) is 4.85. The molecule has 74 valence electrons. The van der Waals surface area contributed by atoms with Crippen LogP contribution in [0.5, 0.6) is 0 Å². The van der Waals surface area contributed by atoms with Crippen LogP contribution in [0, 0.1) is 25.2 Å². The van der Waals surface area contributed by atoms with E-state index in [0.717, 1.165) is 5.69 Å². The number of hydrogen-bond acceptors (Lipinski definition) is 2. The van der Waals surface area contributed by atoms with Gasteiger partial charge in [0.25, 0.3) is 0 Å². The van der Waals surface area contributed by atoms with Crippen molar-refractivity contribution in [2.45, 2.75) is 33.2 Å². The topological polar surface area (TPSA) is 35.8 Å². The molecule has 0 aliphatic rings. The number of rotatable bonds is 3. The van der Waals surface area contributed by atoms with Gasteiger partial charge in [0.1, 0.15) is 0 Å². The zero-order valence-electron chi connectivity index (χ0n) is 8.96. The van der Waals surface area contributed by atoms with E-state index in [-0.39, 0.29) is 6.04 Å². The Hall–Kier alpha value is -1.49. The standard InChI is InChI=1S/C12H16N2/c1-9-5-4-6-12(11(9)3)14-10(2)7-8-13/h4-6,10,14H,7H2,1-3H3. The summed E-state index contributed by atoms with van der Waals surface area (Å²) in [6, 6.07) is 8.54. The maximum absolute atomic E-state index is 8.55. The highest BCUT2D eigenvalue weighted by molar-refractivity contribution is 5.54. The molecule has 0 aromatic heterocycles. The molecule has 1 atom stereocenters. The Morgan fingerprint density at radius 2 is 2.14 bits per heavy atom. The van der Waals surface area contributed by atoms with Gasteiger partial charge < -0.3 is 5.32 Å². The van der Waals surface area contributed by atoms with Crippen LogP contribution in [0.25, 0.3) is 0 Å². The van der Waals surface area contributed by atoms with Crippen LogP contribution in [0.15, 0.2) is 18.2 Å². The second-order valence-corrected chi connectivity index (χ2v) is 3.66. The van der Waals surface area contributed by atoms with Crippen molar-refractivity contribution in [1.29, 1.82) is 5.26 Å². The molecule has 0 saturated carbocycles. The number of hydrogen-bond donors (Lipinski definition) is 1. The molecule has 0 fully saturated rings. The van der Waals surface area contributed by atoms with Gasteiger partial charge in [-0.3, -0.25) is 0 Å². The average molecular weight is 188 g/mol. The number of nitriles is 1. The van der Waals surface area contributed by atoms with Crippen molar-refractivity contribution < 1.29 is 0 Å². The van der Waals surface area contributed by atoms with Gasteiger partial charge in [0, 0.05) is 11.7 Å². The van der Waals surface area contributed by atoms with Crippen LogP contribution < -0.4 is 5.32 Å². The maximum atomic E-state index is 8.55. The summed E-state index contributed by atoms with van der Waals surface area (Å²) in [5.41, 5.74) is 3.67. The van der Waals surface area contributed by atoms with Crippen LogP contribution in [0.4, 0.5) is 5.69 Å². The smallest absolute Gasteiger partial charge is 0.0643 e. The van der Waals surface area contributed by atoms with Crippen LogP contribution in [0.3, 0.4) is 0 Å². The van der Waals surface area contributed by atoms with Gasteiger partial charge in [-0.2, -0.15) is 5.26 Å². The predicted octanol–water partition coefficient (Wildman–Crippen LogP) is 3.02. The van der Waals surface area contributed by atoms with E-state index >= 15 is 0 Å². The lowest BCUT2D eigenvalue weighted by atomic mass is 10.1. The van der Waals surface area contributed by atoms with E-state index in [2.05, 4.69) is 37.4 Å². The lowest BCUT2D eigenvalue weighted by molar-refractivity contribution is 0.819. The summed E-state index contributed by atoms with van der Waals surface area (Å²) in [7, 11) is 0. The predicted molar refractivity (Wildman–Crippen MR) is 59.2 cm³/mol. The molecule has 0 spiro atoms. The van der Waals surface area contributed by atoms with Gasteiger partial charge >= 0.3 is 0 Å². The molecule has 14 heavy (non-hydrogen) atoms. The van der Waals surface area contributed by atoms with Crippen LogP contribution in [-0.4, -0.2) is 6.04 Å². The molecule has 1 aromatic rings. The minimum atomic E-state index is 0.209. The van der Waals surface area contributed by atoms with Crippen molar-refractivity contribution in [2.24, 2.45) is 0 Å². The van der Waals surface area contributed by atoms with E-state index < -0.39 is 0 Å². The number of benzene rings is 1. The first kappa shape index (κ1) is 10.6. The van der Waals surface area contributed by atoms with Crippen molar-refractivity contribution in [3.63, 3.8) is 0 Å². The van der Waals surface area contributed by atoms with Gasteiger partial charge in [-0.15, -0.1) is 0 Å². The molecule has 0 saturated heterocycles. The number of anilines is 1. The second-order valence-electron chi connectivity index (χ2n) is 3.66. The van der Waals surface area contributed by atoms with Crippen LogP contribution >= 0.6 is 0 Å². The number of nitrogens with one attached hydrogen (secondary N) is 1. The van der Waals surface area contributed by atoms with Crippen LogP contribution in [0.2, 0.25) is 0 Å². The number of nitrogens with zero attached hydrogens (tertiary/aromatic N) is 1. The normalized spacial score (nSPS) is 11.9. The average Bonchev–Trinajstić information content (AvgIpc) is 2.13. The van der Waals surface area contributed by atoms with E-state index in [1.807, 2.05) is 13.0 Å². The maximum Gasteiger partial charge on any atom is 0.0643 e. The van der Waals surface area contributed by atoms with Gasteiger partial charge in [-0.05, 0) is 38.0 Å². The molecule has 1 N–H and O–H groups in total. The highest BCUT2D eigenvalue weighted by Crippen LogP contribution is 2.19. The third kappa shape index (κ3) is 2.50. The first-order valence-corrected chi connectivity index (χ1v) is 4.85. The van der Waals surface area contributed by atoms with Crippen molar-refractivity contribution in [1.82, 2.24) is 0 Å². The quantitative estimate of drug-likeness (QED) is 0.791. The molecule has 0 bridgehead atoms. The largest absolute Gasteiger partial charge is 0.381 e. The zero-order valence-corrected chi connectivity index (χ0v) is 8.96. The van der Waals surface area contributed by atoms with E-state index in [9.17, 15) is 0 Å². The molecular formula is C12H16N2. The summed E-state index contributed by atoms with van der Waals surface area (Å²) in [5.74, 6) is 0. The highest BCUT2D eigenvalue weighted by Gasteiger charge is 2.04. The van der Waals surface area contributed by atoms with Crippen molar-refractivity contribution in [2.75, 3.05) is 5.32 Å². The summed E-state index contributed by atoms with van der Waals surface area (Å²) < 4.78 is 0. The Labute approximate surface area is 85.6 Å². The van der Waals surface area contributed by atoms with Crippen molar-refractivity contribution in [3.05, 3.63) is 29.3 Å². The fourth-order valence-electron chi connectivity index (χ4n) is 1.36. The third-order valence-corrected chi connectivity index (χ3v) is 2.40. The summed E-state index contributed by atoms with van der Waals surface area (Å²) in [6.07, 6.45) is 0.535. The molecular weight excluding hydrogens is 172 g/mol. The molecule has 0 aliphatic carbocycles. The number of aryl methyl sites for hydroxylation is 1. The monoisotopic (exact) mass is 188 g/mol. The first-order chi connectivity index (χ1) is 6.65. The molecule has 0 heterocycles. The highest BCUT2D eigenvalue weighted by atomic mass is 14.9. The van der Waals surface area contributed by atoms with Crippen LogP contribution in [-0.2, 0) is 0 Å². The van der Waals surface area contributed by atoms with Gasteiger partial charge in [-0.1, -0.05) is 12.1 Å². The molecule has 2 heteroatoms. The Kier molecular flexibility index (Phi) is 3.53. The fourth-order valence-corrected chi connectivity index (χ4v) is 1.36. The van der Waals surface area contributed by atoms with E-state index in [0.29, 0.717) is 6.42 Å². The minimum Gasteiger partial charge on any atom is -0.381 e. The molecule has 0 amide bonds. The molecule has 1 rings (SSSR count). The summed E-state index contributed by atoms with van der Waals surface area (Å²) in [5, 5.41) is 11.9. The van der Waals surface area contributed by atoms with Crippen molar-refractivity contribution in [3.8, 4) is 6.07 Å². The molecule has 2 nitrogen and oxygen atoms in total. The summed E-state index contributed by atoms with van der Waals surface area (Å²) in [6.45, 7) is 6.21. The van der Waals surface area contributed by atoms with Crippen molar-refractivity contribution >= 4 is 5.69 Å². The fraction of sp³-hybridized carbons (Fsp3) is 0.417. The third-order valence-electron chi connectivity index (χ3n) is 2.40. The molecule has 1 aromatic carbocycles.